The molecule has 3 nitrogen and oxygen atoms in total. The maximum absolute atomic E-state index is 6.43. The van der Waals surface area contributed by atoms with Crippen LogP contribution in [0.3, 0.4) is 0 Å². The second kappa shape index (κ2) is 5.69. The summed E-state index contributed by atoms with van der Waals surface area (Å²) in [6.45, 7) is 4.28. The quantitative estimate of drug-likeness (QED) is 0.761. The van der Waals surface area contributed by atoms with E-state index in [1.165, 1.54) is 6.42 Å². The van der Waals surface area contributed by atoms with Gasteiger partial charge in [-0.15, -0.1) is 11.6 Å². The lowest BCUT2D eigenvalue weighted by molar-refractivity contribution is -0.0748. The second-order valence-corrected chi connectivity index (χ2v) is 9.73. The van der Waals surface area contributed by atoms with Gasteiger partial charge in [0.25, 0.3) is 0 Å². The molecule has 0 amide bonds. The zero-order valence-corrected chi connectivity index (χ0v) is 14.8. The van der Waals surface area contributed by atoms with Gasteiger partial charge in [-0.2, -0.15) is 0 Å². The molecule has 0 aromatic rings. The molecule has 8 unspecified atom stereocenters. The summed E-state index contributed by atoms with van der Waals surface area (Å²) < 4.78 is 11.5. The van der Waals surface area contributed by atoms with Crippen LogP contribution < -0.4 is 5.32 Å². The molecule has 2 heterocycles. The molecule has 1 saturated carbocycles. The molecule has 3 rings (SSSR count). The molecule has 116 valence electrons. The molecule has 3 fully saturated rings. The Kier molecular flexibility index (Phi) is 4.42. The lowest BCUT2D eigenvalue weighted by Gasteiger charge is -2.47. The first-order chi connectivity index (χ1) is 9.40. The third kappa shape index (κ3) is 2.79. The van der Waals surface area contributed by atoms with Crippen LogP contribution in [0, 0.1) is 11.8 Å². The van der Waals surface area contributed by atoms with Crippen molar-refractivity contribution in [1.29, 1.82) is 0 Å². The molecule has 0 aromatic heterocycles. The van der Waals surface area contributed by atoms with E-state index in [0.717, 1.165) is 19.3 Å². The number of hydrogen-bond acceptors (Lipinski definition) is 3. The van der Waals surface area contributed by atoms with Gasteiger partial charge in [0.1, 0.15) is 3.78 Å². The van der Waals surface area contributed by atoms with Gasteiger partial charge in [-0.3, -0.25) is 0 Å². The van der Waals surface area contributed by atoms with E-state index in [1.54, 1.807) is 0 Å². The fraction of sp³-hybridized carbons (Fsp3) is 1.00. The van der Waals surface area contributed by atoms with Gasteiger partial charge in [0.05, 0.1) is 18.3 Å². The molecule has 2 saturated heterocycles. The van der Waals surface area contributed by atoms with Crippen LogP contribution in [-0.4, -0.2) is 41.3 Å². The summed E-state index contributed by atoms with van der Waals surface area (Å²) in [6.07, 6.45) is 5.29. The predicted molar refractivity (Wildman–Crippen MR) is 84.5 cm³/mol. The Labute approximate surface area is 135 Å². The van der Waals surface area contributed by atoms with E-state index in [9.17, 15) is 0 Å². The minimum absolute atomic E-state index is 0.0880. The normalized spacial score (nSPS) is 51.1. The van der Waals surface area contributed by atoms with Crippen LogP contribution in [0.2, 0.25) is 0 Å². The Balaban J connectivity index is 1.77. The van der Waals surface area contributed by atoms with Crippen molar-refractivity contribution in [3.63, 3.8) is 0 Å². The smallest absolute Gasteiger partial charge is 0.122 e. The van der Waals surface area contributed by atoms with E-state index in [1.807, 2.05) is 14.0 Å². The molecule has 0 spiro atoms. The number of hydrogen-bond donors (Lipinski definition) is 1. The Morgan fingerprint density at radius 3 is 2.70 bits per heavy atom. The lowest BCUT2D eigenvalue weighted by atomic mass is 9.70. The molecule has 2 aliphatic heterocycles. The molecule has 1 aliphatic carbocycles. The molecule has 1 N–H and O–H groups in total. The van der Waals surface area contributed by atoms with Crippen molar-refractivity contribution < 1.29 is 9.47 Å². The van der Waals surface area contributed by atoms with E-state index in [4.69, 9.17) is 21.1 Å². The summed E-state index contributed by atoms with van der Waals surface area (Å²) >= 11 is 10.00. The van der Waals surface area contributed by atoms with Crippen LogP contribution >= 0.6 is 27.5 Å². The average molecular weight is 367 g/mol. The maximum Gasteiger partial charge on any atom is 0.122 e. The zero-order chi connectivity index (χ0) is 14.5. The predicted octanol–water partition coefficient (Wildman–Crippen LogP) is 3.29. The third-order valence-corrected chi connectivity index (χ3v) is 6.28. The number of methoxy groups -OCH3 is 1. The molecular formula is C15H25BrClNO2. The summed E-state index contributed by atoms with van der Waals surface area (Å²) in [5, 5.41) is 3.81. The molecule has 3 aliphatic rings. The Bertz CT molecular complexity index is 362. The van der Waals surface area contributed by atoms with Gasteiger partial charge < -0.3 is 14.8 Å². The molecular weight excluding hydrogens is 342 g/mol. The summed E-state index contributed by atoms with van der Waals surface area (Å²) in [5.41, 5.74) is 0. The number of nitrogens with one attached hydrogen (secondary N) is 1. The van der Waals surface area contributed by atoms with Crippen LogP contribution in [0.15, 0.2) is 0 Å². The first-order valence-corrected chi connectivity index (χ1v) is 8.89. The van der Waals surface area contributed by atoms with Crippen LogP contribution in [0.1, 0.15) is 39.5 Å². The fourth-order valence-electron chi connectivity index (χ4n) is 4.37. The number of fused-ring (bicyclic) bond motifs is 3. The molecule has 0 bridgehead atoms. The number of ether oxygens (including phenoxy) is 2. The van der Waals surface area contributed by atoms with Crippen LogP contribution in [-0.2, 0) is 9.47 Å². The van der Waals surface area contributed by atoms with E-state index in [-0.39, 0.29) is 6.10 Å². The number of alkyl halides is 2. The van der Waals surface area contributed by atoms with Crippen molar-refractivity contribution in [3.05, 3.63) is 0 Å². The van der Waals surface area contributed by atoms with Crippen molar-refractivity contribution in [1.82, 2.24) is 5.32 Å². The van der Waals surface area contributed by atoms with Crippen molar-refractivity contribution in [2.24, 2.45) is 11.8 Å². The van der Waals surface area contributed by atoms with Gasteiger partial charge in [0.15, 0.2) is 0 Å². The summed E-state index contributed by atoms with van der Waals surface area (Å²) in [5.74, 6) is 1.12. The summed E-state index contributed by atoms with van der Waals surface area (Å²) in [6, 6.07) is 1.09. The minimum atomic E-state index is -0.463. The van der Waals surface area contributed by atoms with E-state index >= 15 is 0 Å². The van der Waals surface area contributed by atoms with Gasteiger partial charge in [-0.1, -0.05) is 15.9 Å². The van der Waals surface area contributed by atoms with Crippen LogP contribution in [0.5, 0.6) is 0 Å². The monoisotopic (exact) mass is 365 g/mol. The first-order valence-electron chi connectivity index (χ1n) is 7.72. The molecule has 0 radical (unpaired) electrons. The van der Waals surface area contributed by atoms with E-state index in [0.29, 0.717) is 36.1 Å². The standard InChI is InChI=1S/C15H25BrClNO2/c1-8-10-7-13(15(2,16)17)20-14(10)11-6-9(19-3)4-5-12(11)18-8/h8-14,18H,4-7H2,1-3H3. The number of rotatable bonds is 2. The van der Waals surface area contributed by atoms with Gasteiger partial charge in [0.2, 0.25) is 0 Å². The Morgan fingerprint density at radius 1 is 1.30 bits per heavy atom. The van der Waals surface area contributed by atoms with Gasteiger partial charge >= 0.3 is 0 Å². The highest BCUT2D eigenvalue weighted by molar-refractivity contribution is 9.10. The summed E-state index contributed by atoms with van der Waals surface area (Å²) in [7, 11) is 1.83. The Morgan fingerprint density at radius 2 is 2.05 bits per heavy atom. The zero-order valence-electron chi connectivity index (χ0n) is 12.4. The van der Waals surface area contributed by atoms with Crippen molar-refractivity contribution >= 4 is 27.5 Å². The third-order valence-electron chi connectivity index (χ3n) is 5.52. The van der Waals surface area contributed by atoms with Crippen molar-refractivity contribution in [2.75, 3.05) is 7.11 Å². The average Bonchev–Trinajstić information content (AvgIpc) is 2.84. The maximum atomic E-state index is 6.43. The highest BCUT2D eigenvalue weighted by Crippen LogP contribution is 2.48. The van der Waals surface area contributed by atoms with Gasteiger partial charge in [0, 0.05) is 31.0 Å². The molecule has 20 heavy (non-hydrogen) atoms. The highest BCUT2D eigenvalue weighted by Gasteiger charge is 2.53. The van der Waals surface area contributed by atoms with Crippen LogP contribution in [0.4, 0.5) is 0 Å². The fourth-order valence-corrected chi connectivity index (χ4v) is 4.81. The molecule has 5 heteroatoms. The van der Waals surface area contributed by atoms with Gasteiger partial charge in [-0.05, 0) is 39.5 Å². The number of piperidine rings is 1. The van der Waals surface area contributed by atoms with Crippen molar-refractivity contribution in [2.45, 2.75) is 73.7 Å². The van der Waals surface area contributed by atoms with Crippen molar-refractivity contribution in [3.8, 4) is 0 Å². The second-order valence-electron chi connectivity index (χ2n) is 6.84. The number of halogens is 2. The Hall–Kier alpha value is 0.650. The summed E-state index contributed by atoms with van der Waals surface area (Å²) in [4.78, 5) is 0. The largest absolute Gasteiger partial charge is 0.381 e. The topological polar surface area (TPSA) is 30.5 Å². The van der Waals surface area contributed by atoms with E-state index < -0.39 is 3.78 Å². The lowest BCUT2D eigenvalue weighted by Crippen LogP contribution is -2.59. The minimum Gasteiger partial charge on any atom is -0.381 e. The van der Waals surface area contributed by atoms with Gasteiger partial charge in [-0.25, -0.2) is 0 Å². The molecule has 0 aromatic carbocycles. The SMILES string of the molecule is COC1CCC2NC(C)C3CC(C(C)(Cl)Br)OC3C2C1. The first kappa shape index (κ1) is 15.5. The van der Waals surface area contributed by atoms with E-state index in [2.05, 4.69) is 28.2 Å². The highest BCUT2D eigenvalue weighted by atomic mass is 79.9. The van der Waals surface area contributed by atoms with Crippen LogP contribution in [0.25, 0.3) is 0 Å². The molecule has 8 atom stereocenters.